The monoisotopic (exact) mass is 436 g/mol. The molecule has 1 saturated heterocycles. The molecule has 0 unspecified atom stereocenters. The van der Waals surface area contributed by atoms with Crippen LogP contribution in [0.1, 0.15) is 40.9 Å². The molecule has 6 nitrogen and oxygen atoms in total. The van der Waals surface area contributed by atoms with Crippen LogP contribution in [-0.4, -0.2) is 35.4 Å². The maximum atomic E-state index is 14.0. The summed E-state index contributed by atoms with van der Waals surface area (Å²) < 4.78 is 47.4. The molecule has 3 rings (SSSR count). The van der Waals surface area contributed by atoms with Gasteiger partial charge in [-0.15, -0.1) is 0 Å². The van der Waals surface area contributed by atoms with Gasteiger partial charge in [-0.3, -0.25) is 4.79 Å². The number of hydrogen-bond acceptors (Lipinski definition) is 4. The van der Waals surface area contributed by atoms with Crippen LogP contribution in [0.4, 0.5) is 18.0 Å². The normalized spacial score (nSPS) is 23.6. The van der Waals surface area contributed by atoms with E-state index in [2.05, 4.69) is 5.32 Å². The quantitative estimate of drug-likeness (QED) is 0.600. The van der Waals surface area contributed by atoms with Crippen LogP contribution >= 0.6 is 0 Å². The van der Waals surface area contributed by atoms with Crippen molar-refractivity contribution in [1.29, 1.82) is 0 Å². The first-order valence-corrected chi connectivity index (χ1v) is 9.78. The Labute approximate surface area is 177 Å². The van der Waals surface area contributed by atoms with E-state index in [-0.39, 0.29) is 11.1 Å². The maximum absolute atomic E-state index is 14.0. The van der Waals surface area contributed by atoms with Gasteiger partial charge in [0.05, 0.1) is 12.6 Å². The summed E-state index contributed by atoms with van der Waals surface area (Å²) in [5.74, 6) is -2.66. The zero-order valence-electron chi connectivity index (χ0n) is 17.0. The van der Waals surface area contributed by atoms with Crippen molar-refractivity contribution in [3.8, 4) is 5.75 Å². The number of rotatable bonds is 6. The van der Waals surface area contributed by atoms with Gasteiger partial charge in [0.15, 0.2) is 5.78 Å². The fraction of sp³-hybridized carbons (Fsp3) is 0.364. The molecule has 1 heterocycles. The summed E-state index contributed by atoms with van der Waals surface area (Å²) in [4.78, 5) is 25.3. The summed E-state index contributed by atoms with van der Waals surface area (Å²) in [6.07, 6.45) is -4.58. The number of hydrogen-bond donors (Lipinski definition) is 3. The average Bonchev–Trinajstić information content (AvgIpc) is 2.71. The van der Waals surface area contributed by atoms with E-state index in [9.17, 15) is 27.9 Å². The predicted molar refractivity (Wildman–Crippen MR) is 107 cm³/mol. The highest BCUT2D eigenvalue weighted by Gasteiger charge is 2.66. The Hall–Kier alpha value is -3.07. The first-order valence-electron chi connectivity index (χ1n) is 9.78. The highest BCUT2D eigenvalue weighted by molar-refractivity contribution is 6.00. The summed E-state index contributed by atoms with van der Waals surface area (Å²) in [6, 6.07) is 9.37. The third-order valence-corrected chi connectivity index (χ3v) is 5.11. The lowest BCUT2D eigenvalue weighted by Gasteiger charge is -2.45. The molecule has 0 radical (unpaired) electrons. The van der Waals surface area contributed by atoms with Crippen LogP contribution in [-0.2, 0) is 0 Å². The maximum Gasteiger partial charge on any atom is 0.437 e. The Morgan fingerprint density at radius 1 is 1.19 bits per heavy atom. The van der Waals surface area contributed by atoms with Gasteiger partial charge in [0.1, 0.15) is 11.7 Å². The fourth-order valence-corrected chi connectivity index (χ4v) is 3.53. The van der Waals surface area contributed by atoms with Crippen LogP contribution in [0.2, 0.25) is 0 Å². The highest BCUT2D eigenvalue weighted by atomic mass is 19.4. The highest BCUT2D eigenvalue weighted by Crippen LogP contribution is 2.44. The van der Waals surface area contributed by atoms with E-state index in [1.165, 1.54) is 29.6 Å². The molecule has 0 spiro atoms. The number of aliphatic hydroxyl groups is 1. The number of amides is 2. The van der Waals surface area contributed by atoms with E-state index in [0.717, 1.165) is 12.0 Å². The van der Waals surface area contributed by atoms with E-state index < -0.39 is 35.7 Å². The first kappa shape index (κ1) is 22.6. The van der Waals surface area contributed by atoms with Gasteiger partial charge >= 0.3 is 12.2 Å². The number of alkyl halides is 3. The summed E-state index contributed by atoms with van der Waals surface area (Å²) in [6.45, 7) is 4.06. The zero-order chi connectivity index (χ0) is 22.8. The van der Waals surface area contributed by atoms with Crippen LogP contribution in [0, 0.1) is 12.8 Å². The lowest BCUT2D eigenvalue weighted by Crippen LogP contribution is -2.72. The molecule has 9 heteroatoms. The number of carbonyl (C=O) groups is 2. The Bertz CT molecular complexity index is 962. The summed E-state index contributed by atoms with van der Waals surface area (Å²) in [5.41, 5.74) is -2.76. The largest absolute Gasteiger partial charge is 0.494 e. The Balaban J connectivity index is 2.11. The minimum absolute atomic E-state index is 0.0142. The molecule has 1 aliphatic heterocycles. The Kier molecular flexibility index (Phi) is 6.26. The molecule has 0 aliphatic carbocycles. The van der Waals surface area contributed by atoms with E-state index in [1.807, 2.05) is 6.92 Å². The van der Waals surface area contributed by atoms with E-state index >= 15 is 0 Å². The molecule has 3 atom stereocenters. The van der Waals surface area contributed by atoms with Gasteiger partial charge in [0, 0.05) is 5.56 Å². The van der Waals surface area contributed by atoms with Gasteiger partial charge in [0.25, 0.3) is 0 Å². The molecule has 0 saturated carbocycles. The lowest BCUT2D eigenvalue weighted by atomic mass is 9.77. The number of benzene rings is 2. The summed E-state index contributed by atoms with van der Waals surface area (Å²) >= 11 is 0. The van der Waals surface area contributed by atoms with Crippen molar-refractivity contribution in [2.75, 3.05) is 6.61 Å². The lowest BCUT2D eigenvalue weighted by molar-refractivity contribution is -0.287. The number of carbonyl (C=O) groups excluding carboxylic acids is 2. The smallest absolute Gasteiger partial charge is 0.437 e. The van der Waals surface area contributed by atoms with E-state index in [0.29, 0.717) is 12.4 Å². The van der Waals surface area contributed by atoms with Crippen LogP contribution in [0.5, 0.6) is 5.75 Å². The van der Waals surface area contributed by atoms with Gasteiger partial charge in [-0.05, 0) is 31.0 Å². The second-order valence-electron chi connectivity index (χ2n) is 7.47. The third kappa shape index (κ3) is 4.51. The Morgan fingerprint density at radius 3 is 2.48 bits per heavy atom. The van der Waals surface area contributed by atoms with E-state index in [4.69, 9.17) is 4.74 Å². The number of ketones is 1. The molecule has 3 N–H and O–H groups in total. The molecule has 2 aromatic carbocycles. The van der Waals surface area contributed by atoms with Crippen LogP contribution in [0.3, 0.4) is 0 Å². The summed E-state index contributed by atoms with van der Waals surface area (Å²) in [7, 11) is 0. The number of halogens is 3. The van der Waals surface area contributed by atoms with Crippen molar-refractivity contribution in [2.45, 2.75) is 38.2 Å². The number of aryl methyl sites for hydroxylation is 1. The SMILES string of the molecule is CCCOc1cccc([C@@H]2NC(=O)N[C@@](O)(C(F)(F)F)[C@@H]2C(=O)c2ccc(C)cc2)c1. The molecule has 166 valence electrons. The molecular formula is C22H23F3N2O4. The summed E-state index contributed by atoms with van der Waals surface area (Å²) in [5, 5.41) is 14.5. The van der Waals surface area contributed by atoms with Crippen LogP contribution in [0.25, 0.3) is 0 Å². The molecule has 0 aromatic heterocycles. The standard InChI is InChI=1S/C22H23F3N2O4/c1-3-11-31-16-6-4-5-15(12-16)18-17(19(28)14-9-7-13(2)8-10-14)21(30,22(23,24)25)27-20(29)26-18/h4-10,12,17-18,30H,3,11H2,1-2H3,(H2,26,27,29)/t17-,18-,21-/m0/s1. The second kappa shape index (κ2) is 8.58. The molecule has 2 aromatic rings. The van der Waals surface area contributed by atoms with Crippen molar-refractivity contribution in [1.82, 2.24) is 10.6 Å². The molecule has 2 amide bonds. The molecule has 31 heavy (non-hydrogen) atoms. The van der Waals surface area contributed by atoms with Crippen molar-refractivity contribution in [3.63, 3.8) is 0 Å². The second-order valence-corrected chi connectivity index (χ2v) is 7.47. The number of Topliss-reactive ketones (excluding diaryl/α,β-unsaturated/α-hetero) is 1. The van der Waals surface area contributed by atoms with Crippen molar-refractivity contribution < 1.29 is 32.6 Å². The molecule has 1 fully saturated rings. The van der Waals surface area contributed by atoms with Gasteiger partial charge in [-0.2, -0.15) is 13.2 Å². The fourth-order valence-electron chi connectivity index (χ4n) is 3.53. The minimum atomic E-state index is -5.30. The number of nitrogens with one attached hydrogen (secondary N) is 2. The van der Waals surface area contributed by atoms with Crippen molar-refractivity contribution in [2.24, 2.45) is 5.92 Å². The van der Waals surface area contributed by atoms with Crippen LogP contribution in [0.15, 0.2) is 48.5 Å². The van der Waals surface area contributed by atoms with Gasteiger partial charge < -0.3 is 20.5 Å². The van der Waals surface area contributed by atoms with Gasteiger partial charge in [-0.25, -0.2) is 4.79 Å². The average molecular weight is 436 g/mol. The first-order chi connectivity index (χ1) is 14.6. The predicted octanol–water partition coefficient (Wildman–Crippen LogP) is 3.89. The number of ether oxygens (including phenoxy) is 1. The topological polar surface area (TPSA) is 87.7 Å². The zero-order valence-corrected chi connectivity index (χ0v) is 17.0. The number of urea groups is 1. The molecule has 0 bridgehead atoms. The molecular weight excluding hydrogens is 413 g/mol. The van der Waals surface area contributed by atoms with Crippen molar-refractivity contribution in [3.05, 3.63) is 65.2 Å². The van der Waals surface area contributed by atoms with Gasteiger partial charge in [0.2, 0.25) is 5.72 Å². The Morgan fingerprint density at radius 2 is 1.87 bits per heavy atom. The van der Waals surface area contributed by atoms with E-state index in [1.54, 1.807) is 31.2 Å². The molecule has 1 aliphatic rings. The van der Waals surface area contributed by atoms with Crippen molar-refractivity contribution >= 4 is 11.8 Å². The minimum Gasteiger partial charge on any atom is -0.494 e. The van der Waals surface area contributed by atoms with Crippen LogP contribution < -0.4 is 15.4 Å². The third-order valence-electron chi connectivity index (χ3n) is 5.11. The van der Waals surface area contributed by atoms with Gasteiger partial charge in [-0.1, -0.05) is 48.9 Å².